The normalized spacial score (nSPS) is 19.2. The number of ether oxygens (including phenoxy) is 3. The van der Waals surface area contributed by atoms with Gasteiger partial charge in [0.1, 0.15) is 23.4 Å². The highest BCUT2D eigenvalue weighted by molar-refractivity contribution is 6.12. The van der Waals surface area contributed by atoms with Crippen LogP contribution in [0.25, 0.3) is 6.08 Å². The van der Waals surface area contributed by atoms with Crippen LogP contribution >= 0.6 is 0 Å². The van der Waals surface area contributed by atoms with Gasteiger partial charge < -0.3 is 14.2 Å². The molecule has 0 fully saturated rings. The van der Waals surface area contributed by atoms with E-state index in [1.54, 1.807) is 24.3 Å². The van der Waals surface area contributed by atoms with E-state index in [4.69, 9.17) is 14.2 Å². The molecule has 1 atom stereocenters. The average Bonchev–Trinajstić information content (AvgIpc) is 2.90. The largest absolute Gasteiger partial charge is 0.485 e. The summed E-state index contributed by atoms with van der Waals surface area (Å²) in [6.45, 7) is 3.24. The van der Waals surface area contributed by atoms with Crippen LogP contribution in [0.4, 0.5) is 0 Å². The number of fused-ring (bicyclic) bond motifs is 2. The summed E-state index contributed by atoms with van der Waals surface area (Å²) in [6.07, 6.45) is 3.49. The number of para-hydroxylation sites is 1. The van der Waals surface area contributed by atoms with Gasteiger partial charge in [-0.2, -0.15) is 0 Å². The van der Waals surface area contributed by atoms with E-state index in [9.17, 15) is 9.59 Å². The summed E-state index contributed by atoms with van der Waals surface area (Å²) in [4.78, 5) is 23.7. The lowest BCUT2D eigenvalue weighted by Crippen LogP contribution is -2.18. The van der Waals surface area contributed by atoms with Crippen molar-refractivity contribution in [1.82, 2.24) is 0 Å². The van der Waals surface area contributed by atoms with Crippen LogP contribution in [0, 0.1) is 0 Å². The average molecular weight is 348 g/mol. The quantitative estimate of drug-likeness (QED) is 0.467. The van der Waals surface area contributed by atoms with Gasteiger partial charge in [0.15, 0.2) is 5.76 Å². The van der Waals surface area contributed by atoms with Crippen LogP contribution in [-0.4, -0.2) is 17.9 Å². The van der Waals surface area contributed by atoms with Crippen LogP contribution in [0.5, 0.6) is 17.2 Å². The molecule has 2 aromatic carbocycles. The van der Waals surface area contributed by atoms with Crippen LogP contribution in [-0.2, 0) is 4.79 Å². The monoisotopic (exact) mass is 348 g/mol. The summed E-state index contributed by atoms with van der Waals surface area (Å²) in [6, 6.07) is 12.4. The predicted octanol–water partition coefficient (Wildman–Crippen LogP) is 3.94. The van der Waals surface area contributed by atoms with Gasteiger partial charge in [-0.15, -0.1) is 0 Å². The summed E-state index contributed by atoms with van der Waals surface area (Å²) in [5.74, 6) is 1.12. The SMILES string of the molecule is CC(=O)Oc1ccc2c(c1)O/C(=C/C1=Cc3ccccc3O[C@H]1C)C2=O. The molecule has 0 saturated heterocycles. The Labute approximate surface area is 150 Å². The first kappa shape index (κ1) is 16.1. The standard InChI is InChI=1S/C21H16O5/c1-12-15(9-14-5-3-4-6-18(14)24-12)10-20-21(23)17-8-7-16(25-13(2)22)11-19(17)26-20/h3-12H,1-2H3/b20-10+/t12-/m0/s1. The van der Waals surface area contributed by atoms with Crippen molar-refractivity contribution in [2.24, 2.45) is 0 Å². The maximum atomic E-state index is 12.6. The van der Waals surface area contributed by atoms with Gasteiger partial charge in [0, 0.05) is 18.6 Å². The Morgan fingerprint density at radius 3 is 2.77 bits per heavy atom. The molecule has 5 nitrogen and oxygen atoms in total. The van der Waals surface area contributed by atoms with Gasteiger partial charge in [-0.1, -0.05) is 18.2 Å². The zero-order valence-electron chi connectivity index (χ0n) is 14.3. The van der Waals surface area contributed by atoms with Crippen molar-refractivity contribution in [3.05, 3.63) is 71.0 Å². The molecule has 0 aliphatic carbocycles. The van der Waals surface area contributed by atoms with E-state index < -0.39 is 5.97 Å². The Kier molecular flexibility index (Phi) is 3.84. The van der Waals surface area contributed by atoms with E-state index in [1.807, 2.05) is 37.3 Å². The van der Waals surface area contributed by atoms with Crippen molar-refractivity contribution in [3.8, 4) is 17.2 Å². The smallest absolute Gasteiger partial charge is 0.308 e. The molecule has 2 heterocycles. The van der Waals surface area contributed by atoms with E-state index in [-0.39, 0.29) is 17.6 Å². The number of hydrogen-bond donors (Lipinski definition) is 0. The summed E-state index contributed by atoms with van der Waals surface area (Å²) >= 11 is 0. The maximum Gasteiger partial charge on any atom is 0.308 e. The lowest BCUT2D eigenvalue weighted by atomic mass is 10.0. The summed E-state index contributed by atoms with van der Waals surface area (Å²) in [5, 5.41) is 0. The fourth-order valence-corrected chi connectivity index (χ4v) is 2.97. The second-order valence-corrected chi connectivity index (χ2v) is 6.13. The summed E-state index contributed by atoms with van der Waals surface area (Å²) in [5.41, 5.74) is 2.25. The first-order chi connectivity index (χ1) is 12.5. The fraction of sp³-hybridized carbons (Fsp3) is 0.143. The molecule has 2 aromatic rings. The molecule has 2 aliphatic heterocycles. The molecule has 4 rings (SSSR count). The van der Waals surface area contributed by atoms with Gasteiger partial charge in [0.25, 0.3) is 0 Å². The molecule has 0 bridgehead atoms. The molecule has 0 aromatic heterocycles. The number of Topliss-reactive ketones (excluding diaryl/α,β-unsaturated/α-hetero) is 1. The van der Waals surface area contributed by atoms with E-state index in [0.717, 1.165) is 16.9 Å². The van der Waals surface area contributed by atoms with Crippen molar-refractivity contribution in [1.29, 1.82) is 0 Å². The number of carbonyl (C=O) groups excluding carboxylic acids is 2. The van der Waals surface area contributed by atoms with E-state index in [2.05, 4.69) is 0 Å². The predicted molar refractivity (Wildman–Crippen MR) is 95.3 cm³/mol. The van der Waals surface area contributed by atoms with Crippen LogP contribution < -0.4 is 14.2 Å². The molecule has 130 valence electrons. The second-order valence-electron chi connectivity index (χ2n) is 6.13. The Bertz CT molecular complexity index is 984. The van der Waals surface area contributed by atoms with Crippen LogP contribution in [0.1, 0.15) is 29.8 Å². The molecule has 0 unspecified atom stereocenters. The van der Waals surface area contributed by atoms with Gasteiger partial charge in [-0.05, 0) is 42.8 Å². The summed E-state index contributed by atoms with van der Waals surface area (Å²) < 4.78 is 16.6. The number of esters is 1. The first-order valence-corrected chi connectivity index (χ1v) is 8.25. The van der Waals surface area contributed by atoms with Gasteiger partial charge in [0.2, 0.25) is 5.78 Å². The van der Waals surface area contributed by atoms with Gasteiger partial charge >= 0.3 is 5.97 Å². The topological polar surface area (TPSA) is 61.8 Å². The Morgan fingerprint density at radius 1 is 1.15 bits per heavy atom. The zero-order chi connectivity index (χ0) is 18.3. The van der Waals surface area contributed by atoms with E-state index >= 15 is 0 Å². The second kappa shape index (κ2) is 6.19. The van der Waals surface area contributed by atoms with Crippen LogP contribution in [0.3, 0.4) is 0 Å². The van der Waals surface area contributed by atoms with Crippen LogP contribution in [0.2, 0.25) is 0 Å². The highest BCUT2D eigenvalue weighted by Crippen LogP contribution is 2.36. The van der Waals surface area contributed by atoms with Gasteiger partial charge in [0.05, 0.1) is 5.56 Å². The number of carbonyl (C=O) groups is 2. The maximum absolute atomic E-state index is 12.6. The van der Waals surface area contributed by atoms with Crippen molar-refractivity contribution in [3.63, 3.8) is 0 Å². The van der Waals surface area contributed by atoms with Crippen molar-refractivity contribution < 1.29 is 23.8 Å². The Balaban J connectivity index is 1.66. The van der Waals surface area contributed by atoms with Crippen molar-refractivity contribution >= 4 is 17.8 Å². The molecule has 0 saturated carbocycles. The minimum Gasteiger partial charge on any atom is -0.485 e. The van der Waals surface area contributed by atoms with E-state index in [0.29, 0.717) is 17.1 Å². The lowest BCUT2D eigenvalue weighted by Gasteiger charge is -2.22. The molecule has 5 heteroatoms. The molecule has 0 amide bonds. The van der Waals surface area contributed by atoms with Crippen molar-refractivity contribution in [2.45, 2.75) is 20.0 Å². The fourth-order valence-electron chi connectivity index (χ4n) is 2.97. The highest BCUT2D eigenvalue weighted by atomic mass is 16.5. The molecule has 26 heavy (non-hydrogen) atoms. The number of hydrogen-bond acceptors (Lipinski definition) is 5. The summed E-state index contributed by atoms with van der Waals surface area (Å²) in [7, 11) is 0. The molecular formula is C21H16O5. The number of allylic oxidation sites excluding steroid dienone is 1. The highest BCUT2D eigenvalue weighted by Gasteiger charge is 2.29. The molecule has 0 spiro atoms. The van der Waals surface area contributed by atoms with Gasteiger partial charge in [-0.3, -0.25) is 9.59 Å². The minimum absolute atomic E-state index is 0.200. The Morgan fingerprint density at radius 2 is 1.96 bits per heavy atom. The molecular weight excluding hydrogens is 332 g/mol. The third-order valence-corrected chi connectivity index (χ3v) is 4.22. The number of rotatable bonds is 2. The number of benzene rings is 2. The Hall–Kier alpha value is -3.34. The van der Waals surface area contributed by atoms with Crippen molar-refractivity contribution in [2.75, 3.05) is 0 Å². The van der Waals surface area contributed by atoms with E-state index in [1.165, 1.54) is 6.92 Å². The molecule has 0 N–H and O–H groups in total. The van der Waals surface area contributed by atoms with Gasteiger partial charge in [-0.25, -0.2) is 0 Å². The van der Waals surface area contributed by atoms with Crippen LogP contribution in [0.15, 0.2) is 59.9 Å². The third-order valence-electron chi connectivity index (χ3n) is 4.22. The minimum atomic E-state index is -0.429. The number of ketones is 1. The third kappa shape index (κ3) is 2.88. The lowest BCUT2D eigenvalue weighted by molar-refractivity contribution is -0.131. The molecule has 0 radical (unpaired) electrons. The zero-order valence-corrected chi connectivity index (χ0v) is 14.3. The molecule has 2 aliphatic rings. The first-order valence-electron chi connectivity index (χ1n) is 8.25.